The van der Waals surface area contributed by atoms with Crippen LogP contribution in [-0.2, 0) is 4.79 Å². The number of amides is 1. The van der Waals surface area contributed by atoms with Crippen LogP contribution in [0.4, 0.5) is 0 Å². The SMILES string of the molecule is COc1ccc(C(NC(=O)CN2CCN(C)CC2)C(C)C)cc1. The van der Waals surface area contributed by atoms with Gasteiger partial charge in [-0.2, -0.15) is 0 Å². The first-order valence-corrected chi connectivity index (χ1v) is 8.34. The Hall–Kier alpha value is -1.59. The smallest absolute Gasteiger partial charge is 0.234 e. The van der Waals surface area contributed by atoms with Gasteiger partial charge in [0.2, 0.25) is 5.91 Å². The monoisotopic (exact) mass is 319 g/mol. The molecule has 128 valence electrons. The molecule has 0 aliphatic carbocycles. The van der Waals surface area contributed by atoms with E-state index in [-0.39, 0.29) is 11.9 Å². The number of methoxy groups -OCH3 is 1. The Balaban J connectivity index is 1.94. The second-order valence-corrected chi connectivity index (χ2v) is 6.64. The van der Waals surface area contributed by atoms with Crippen molar-refractivity contribution in [2.45, 2.75) is 19.9 Å². The van der Waals surface area contributed by atoms with E-state index >= 15 is 0 Å². The molecule has 1 aromatic carbocycles. The molecule has 23 heavy (non-hydrogen) atoms. The first kappa shape index (κ1) is 17.8. The summed E-state index contributed by atoms with van der Waals surface area (Å²) in [5.41, 5.74) is 1.12. The molecule has 1 amide bonds. The highest BCUT2D eigenvalue weighted by Gasteiger charge is 2.21. The predicted octanol–water partition coefficient (Wildman–Crippen LogP) is 1.76. The van der Waals surface area contributed by atoms with Gasteiger partial charge in [-0.05, 0) is 30.7 Å². The summed E-state index contributed by atoms with van der Waals surface area (Å²) in [7, 11) is 3.78. The average Bonchev–Trinajstić information content (AvgIpc) is 2.55. The van der Waals surface area contributed by atoms with Gasteiger partial charge in [0.05, 0.1) is 19.7 Å². The van der Waals surface area contributed by atoms with Crippen molar-refractivity contribution in [2.24, 2.45) is 5.92 Å². The summed E-state index contributed by atoms with van der Waals surface area (Å²) in [5, 5.41) is 3.19. The van der Waals surface area contributed by atoms with Crippen molar-refractivity contribution < 1.29 is 9.53 Å². The van der Waals surface area contributed by atoms with Crippen molar-refractivity contribution in [3.05, 3.63) is 29.8 Å². The summed E-state index contributed by atoms with van der Waals surface area (Å²) in [5.74, 6) is 1.27. The molecule has 1 saturated heterocycles. The molecule has 5 heteroatoms. The zero-order chi connectivity index (χ0) is 16.8. The molecule has 1 atom stereocenters. The van der Waals surface area contributed by atoms with E-state index in [0.29, 0.717) is 12.5 Å². The van der Waals surface area contributed by atoms with Gasteiger partial charge in [-0.1, -0.05) is 26.0 Å². The number of rotatable bonds is 6. The summed E-state index contributed by atoms with van der Waals surface area (Å²) in [6, 6.07) is 7.97. The topological polar surface area (TPSA) is 44.8 Å². The van der Waals surface area contributed by atoms with Crippen molar-refractivity contribution >= 4 is 5.91 Å². The Morgan fingerprint density at radius 2 is 1.78 bits per heavy atom. The maximum atomic E-state index is 12.4. The number of piperazine rings is 1. The van der Waals surface area contributed by atoms with Gasteiger partial charge in [-0.15, -0.1) is 0 Å². The molecule has 2 rings (SSSR count). The Morgan fingerprint density at radius 3 is 2.30 bits per heavy atom. The predicted molar refractivity (Wildman–Crippen MR) is 92.7 cm³/mol. The standard InChI is InChI=1S/C18H29N3O2/c1-14(2)18(15-5-7-16(23-4)8-6-15)19-17(22)13-21-11-9-20(3)10-12-21/h5-8,14,18H,9-13H2,1-4H3,(H,19,22). The maximum absolute atomic E-state index is 12.4. The van der Waals surface area contributed by atoms with Gasteiger partial charge in [0, 0.05) is 26.2 Å². The van der Waals surface area contributed by atoms with Gasteiger partial charge < -0.3 is 15.0 Å². The van der Waals surface area contributed by atoms with Crippen molar-refractivity contribution in [1.82, 2.24) is 15.1 Å². The molecule has 0 bridgehead atoms. The lowest BCUT2D eigenvalue weighted by atomic mass is 9.96. The average molecular weight is 319 g/mol. The number of ether oxygens (including phenoxy) is 1. The van der Waals surface area contributed by atoms with Crippen LogP contribution in [0.15, 0.2) is 24.3 Å². The Kier molecular flexibility index (Phi) is 6.42. The fraction of sp³-hybridized carbons (Fsp3) is 0.611. The van der Waals surface area contributed by atoms with Crippen molar-refractivity contribution in [1.29, 1.82) is 0 Å². The van der Waals surface area contributed by atoms with Gasteiger partial charge in [0.15, 0.2) is 0 Å². The van der Waals surface area contributed by atoms with Crippen LogP contribution in [0.25, 0.3) is 0 Å². The fourth-order valence-corrected chi connectivity index (χ4v) is 2.87. The number of carbonyl (C=O) groups excluding carboxylic acids is 1. The van der Waals surface area contributed by atoms with Crippen LogP contribution in [0, 0.1) is 5.92 Å². The van der Waals surface area contributed by atoms with E-state index in [1.807, 2.05) is 24.3 Å². The number of carbonyl (C=O) groups is 1. The van der Waals surface area contributed by atoms with Crippen LogP contribution in [0.3, 0.4) is 0 Å². The molecule has 1 fully saturated rings. The second-order valence-electron chi connectivity index (χ2n) is 6.64. The molecule has 1 heterocycles. The molecule has 1 unspecified atom stereocenters. The van der Waals surface area contributed by atoms with Gasteiger partial charge in [0.25, 0.3) is 0 Å². The van der Waals surface area contributed by atoms with Crippen LogP contribution in [-0.4, -0.2) is 62.6 Å². The van der Waals surface area contributed by atoms with Crippen molar-refractivity contribution in [2.75, 3.05) is 46.9 Å². The van der Waals surface area contributed by atoms with E-state index in [1.165, 1.54) is 0 Å². The van der Waals surface area contributed by atoms with Crippen LogP contribution < -0.4 is 10.1 Å². The molecule has 0 saturated carbocycles. The number of nitrogens with one attached hydrogen (secondary N) is 1. The fourth-order valence-electron chi connectivity index (χ4n) is 2.87. The van der Waals surface area contributed by atoms with E-state index in [4.69, 9.17) is 4.74 Å². The lowest BCUT2D eigenvalue weighted by molar-refractivity contribution is -0.123. The summed E-state index contributed by atoms with van der Waals surface area (Å²) >= 11 is 0. The van der Waals surface area contributed by atoms with Crippen LogP contribution in [0.2, 0.25) is 0 Å². The number of nitrogens with zero attached hydrogens (tertiary/aromatic N) is 2. The lowest BCUT2D eigenvalue weighted by Crippen LogP contribution is -2.48. The highest BCUT2D eigenvalue weighted by Crippen LogP contribution is 2.23. The number of likely N-dealkylation sites (N-methyl/N-ethyl adjacent to an activating group) is 1. The lowest BCUT2D eigenvalue weighted by Gasteiger charge is -2.32. The third kappa shape index (κ3) is 5.22. The molecule has 5 nitrogen and oxygen atoms in total. The van der Waals surface area contributed by atoms with Gasteiger partial charge in [-0.25, -0.2) is 0 Å². The third-order valence-electron chi connectivity index (χ3n) is 4.42. The van der Waals surface area contributed by atoms with Gasteiger partial charge >= 0.3 is 0 Å². The van der Waals surface area contributed by atoms with Crippen LogP contribution in [0.1, 0.15) is 25.5 Å². The normalized spacial score (nSPS) is 18.0. The molecule has 1 N–H and O–H groups in total. The van der Waals surface area contributed by atoms with Gasteiger partial charge in [0.1, 0.15) is 5.75 Å². The summed E-state index contributed by atoms with van der Waals surface area (Å²) in [6.07, 6.45) is 0. The Labute approximate surface area is 139 Å². The second kappa shape index (κ2) is 8.31. The summed E-state index contributed by atoms with van der Waals surface area (Å²) < 4.78 is 5.20. The summed E-state index contributed by atoms with van der Waals surface area (Å²) in [6.45, 7) is 8.71. The number of hydrogen-bond acceptors (Lipinski definition) is 4. The quantitative estimate of drug-likeness (QED) is 0.868. The zero-order valence-electron chi connectivity index (χ0n) is 14.7. The maximum Gasteiger partial charge on any atom is 0.234 e. The number of hydrogen-bond donors (Lipinski definition) is 1. The largest absolute Gasteiger partial charge is 0.497 e. The minimum Gasteiger partial charge on any atom is -0.497 e. The van der Waals surface area contributed by atoms with E-state index in [0.717, 1.165) is 37.5 Å². The van der Waals surface area contributed by atoms with E-state index in [2.05, 4.69) is 36.0 Å². The Bertz CT molecular complexity index is 493. The van der Waals surface area contributed by atoms with Crippen LogP contribution >= 0.6 is 0 Å². The molecular weight excluding hydrogens is 290 g/mol. The zero-order valence-corrected chi connectivity index (χ0v) is 14.7. The molecule has 1 aliphatic heterocycles. The first-order valence-electron chi connectivity index (χ1n) is 8.34. The third-order valence-corrected chi connectivity index (χ3v) is 4.42. The molecule has 0 aromatic heterocycles. The van der Waals surface area contributed by atoms with Gasteiger partial charge in [-0.3, -0.25) is 9.69 Å². The van der Waals surface area contributed by atoms with Crippen molar-refractivity contribution in [3.63, 3.8) is 0 Å². The molecular formula is C18H29N3O2. The highest BCUT2D eigenvalue weighted by molar-refractivity contribution is 5.78. The first-order chi connectivity index (χ1) is 11.0. The molecule has 0 radical (unpaired) electrons. The van der Waals surface area contributed by atoms with Crippen LogP contribution in [0.5, 0.6) is 5.75 Å². The highest BCUT2D eigenvalue weighted by atomic mass is 16.5. The molecule has 1 aliphatic rings. The van der Waals surface area contributed by atoms with E-state index in [1.54, 1.807) is 7.11 Å². The number of benzene rings is 1. The van der Waals surface area contributed by atoms with E-state index in [9.17, 15) is 4.79 Å². The summed E-state index contributed by atoms with van der Waals surface area (Å²) in [4.78, 5) is 16.9. The minimum absolute atomic E-state index is 0.0286. The molecule has 0 spiro atoms. The van der Waals surface area contributed by atoms with E-state index < -0.39 is 0 Å². The minimum atomic E-state index is 0.0286. The van der Waals surface area contributed by atoms with Crippen molar-refractivity contribution in [3.8, 4) is 5.75 Å². The Morgan fingerprint density at radius 1 is 1.17 bits per heavy atom. The molecule has 1 aromatic rings.